The van der Waals surface area contributed by atoms with Gasteiger partial charge in [0.15, 0.2) is 0 Å². The van der Waals surface area contributed by atoms with Gasteiger partial charge in [-0.25, -0.2) is 4.39 Å². The van der Waals surface area contributed by atoms with Crippen LogP contribution in [0.1, 0.15) is 57.1 Å². The van der Waals surface area contributed by atoms with E-state index in [9.17, 15) is 4.39 Å². The second-order valence-electron chi connectivity index (χ2n) is 4.88. The van der Waals surface area contributed by atoms with Crippen LogP contribution in [0, 0.1) is 5.82 Å². The molecule has 0 amide bonds. The minimum Gasteiger partial charge on any atom is -0.372 e. The number of nitrogens with two attached hydrogens (primary N) is 1. The van der Waals surface area contributed by atoms with Gasteiger partial charge in [0.1, 0.15) is 5.82 Å². The Hall–Kier alpha value is -0.930. The standard InChI is InChI=1S/C16H26FNO/c1-2-3-4-5-6-9-12-19-16(13-18)14-10-7-8-11-15(14)17/h7-8,10-11,16H,2-6,9,12-13,18H2,1H3. The fraction of sp³-hybridized carbons (Fsp3) is 0.625. The zero-order chi connectivity index (χ0) is 13.9. The van der Waals surface area contributed by atoms with Gasteiger partial charge in [-0.1, -0.05) is 57.2 Å². The maximum Gasteiger partial charge on any atom is 0.129 e. The summed E-state index contributed by atoms with van der Waals surface area (Å²) in [4.78, 5) is 0. The van der Waals surface area contributed by atoms with Crippen LogP contribution in [0.25, 0.3) is 0 Å². The first kappa shape index (κ1) is 16.1. The summed E-state index contributed by atoms with van der Waals surface area (Å²) in [6, 6.07) is 6.69. The Bertz CT molecular complexity index is 343. The van der Waals surface area contributed by atoms with Gasteiger partial charge in [-0.2, -0.15) is 0 Å². The number of unbranched alkanes of at least 4 members (excludes halogenated alkanes) is 5. The molecule has 2 N–H and O–H groups in total. The van der Waals surface area contributed by atoms with Crippen molar-refractivity contribution in [2.24, 2.45) is 5.73 Å². The quantitative estimate of drug-likeness (QED) is 0.645. The van der Waals surface area contributed by atoms with Crippen molar-refractivity contribution in [3.05, 3.63) is 35.6 Å². The summed E-state index contributed by atoms with van der Waals surface area (Å²) >= 11 is 0. The monoisotopic (exact) mass is 267 g/mol. The van der Waals surface area contributed by atoms with E-state index in [-0.39, 0.29) is 11.9 Å². The highest BCUT2D eigenvalue weighted by molar-refractivity contribution is 5.20. The van der Waals surface area contributed by atoms with Gasteiger partial charge < -0.3 is 10.5 Å². The van der Waals surface area contributed by atoms with Crippen LogP contribution >= 0.6 is 0 Å². The maximum atomic E-state index is 13.6. The highest BCUT2D eigenvalue weighted by atomic mass is 19.1. The molecule has 1 aromatic carbocycles. The third-order valence-corrected chi connectivity index (χ3v) is 3.28. The van der Waals surface area contributed by atoms with E-state index in [2.05, 4.69) is 6.92 Å². The number of halogens is 1. The predicted octanol–water partition coefficient (Wildman–Crippen LogP) is 4.20. The summed E-state index contributed by atoms with van der Waals surface area (Å²) in [5.74, 6) is -0.235. The van der Waals surface area contributed by atoms with E-state index >= 15 is 0 Å². The van der Waals surface area contributed by atoms with Crippen LogP contribution in [0.2, 0.25) is 0 Å². The van der Waals surface area contributed by atoms with E-state index in [0.717, 1.165) is 6.42 Å². The van der Waals surface area contributed by atoms with E-state index in [1.807, 2.05) is 6.07 Å². The number of benzene rings is 1. The second-order valence-corrected chi connectivity index (χ2v) is 4.88. The SMILES string of the molecule is CCCCCCCCOC(CN)c1ccccc1F. The molecule has 2 nitrogen and oxygen atoms in total. The topological polar surface area (TPSA) is 35.2 Å². The van der Waals surface area contributed by atoms with Gasteiger partial charge in [0, 0.05) is 18.7 Å². The van der Waals surface area contributed by atoms with E-state index in [0.29, 0.717) is 18.7 Å². The van der Waals surface area contributed by atoms with Crippen LogP contribution in [-0.2, 0) is 4.74 Å². The van der Waals surface area contributed by atoms with Crippen LogP contribution in [0.3, 0.4) is 0 Å². The lowest BCUT2D eigenvalue weighted by atomic mass is 10.1. The first-order valence-corrected chi connectivity index (χ1v) is 7.35. The lowest BCUT2D eigenvalue weighted by Crippen LogP contribution is -2.17. The molecule has 0 aromatic heterocycles. The number of hydrogen-bond acceptors (Lipinski definition) is 2. The minimum atomic E-state index is -0.322. The van der Waals surface area contributed by atoms with Gasteiger partial charge in [0.05, 0.1) is 6.10 Å². The molecule has 0 aliphatic heterocycles. The fourth-order valence-corrected chi connectivity index (χ4v) is 2.13. The Morgan fingerprint density at radius 3 is 2.47 bits per heavy atom. The maximum absolute atomic E-state index is 13.6. The van der Waals surface area contributed by atoms with Gasteiger partial charge in [-0.3, -0.25) is 0 Å². The Morgan fingerprint density at radius 1 is 1.11 bits per heavy atom. The number of rotatable bonds is 10. The van der Waals surface area contributed by atoms with Crippen molar-refractivity contribution in [2.75, 3.05) is 13.2 Å². The zero-order valence-corrected chi connectivity index (χ0v) is 11.9. The van der Waals surface area contributed by atoms with Crippen LogP contribution in [-0.4, -0.2) is 13.2 Å². The fourth-order valence-electron chi connectivity index (χ4n) is 2.13. The molecule has 0 radical (unpaired) electrons. The molecule has 0 saturated heterocycles. The van der Waals surface area contributed by atoms with Crippen LogP contribution < -0.4 is 5.73 Å². The number of ether oxygens (including phenoxy) is 1. The third kappa shape index (κ3) is 6.17. The molecule has 0 aliphatic carbocycles. The molecule has 3 heteroatoms. The van der Waals surface area contributed by atoms with Crippen LogP contribution in [0.5, 0.6) is 0 Å². The molecule has 0 spiro atoms. The molecule has 1 aromatic rings. The van der Waals surface area contributed by atoms with Crippen LogP contribution in [0.15, 0.2) is 24.3 Å². The number of hydrogen-bond donors (Lipinski definition) is 1. The second kappa shape index (κ2) is 9.93. The van der Waals surface area contributed by atoms with Gasteiger partial charge >= 0.3 is 0 Å². The summed E-state index contributed by atoms with van der Waals surface area (Å²) in [5, 5.41) is 0. The predicted molar refractivity (Wildman–Crippen MR) is 77.5 cm³/mol. The molecular formula is C16H26FNO. The lowest BCUT2D eigenvalue weighted by Gasteiger charge is -2.17. The zero-order valence-electron chi connectivity index (χ0n) is 11.9. The van der Waals surface area contributed by atoms with Gasteiger partial charge in [0.2, 0.25) is 0 Å². The molecular weight excluding hydrogens is 241 g/mol. The first-order valence-electron chi connectivity index (χ1n) is 7.35. The van der Waals surface area contributed by atoms with Gasteiger partial charge in [0.25, 0.3) is 0 Å². The highest BCUT2D eigenvalue weighted by Crippen LogP contribution is 2.20. The van der Waals surface area contributed by atoms with Crippen molar-refractivity contribution >= 4 is 0 Å². The summed E-state index contributed by atoms with van der Waals surface area (Å²) in [7, 11) is 0. The van der Waals surface area contributed by atoms with Gasteiger partial charge in [-0.15, -0.1) is 0 Å². The van der Waals surface area contributed by atoms with Gasteiger partial charge in [-0.05, 0) is 12.5 Å². The molecule has 0 fully saturated rings. The Balaban J connectivity index is 2.24. The van der Waals surface area contributed by atoms with Crippen molar-refractivity contribution in [3.63, 3.8) is 0 Å². The molecule has 0 heterocycles. The van der Waals surface area contributed by atoms with Crippen molar-refractivity contribution in [2.45, 2.75) is 51.6 Å². The summed E-state index contributed by atoms with van der Waals surface area (Å²) < 4.78 is 19.3. The van der Waals surface area contributed by atoms with Crippen molar-refractivity contribution < 1.29 is 9.13 Å². The van der Waals surface area contributed by atoms with Crippen molar-refractivity contribution in [1.29, 1.82) is 0 Å². The summed E-state index contributed by atoms with van der Waals surface area (Å²) in [5.41, 5.74) is 6.23. The largest absolute Gasteiger partial charge is 0.372 e. The highest BCUT2D eigenvalue weighted by Gasteiger charge is 2.13. The molecule has 0 aliphatic rings. The Morgan fingerprint density at radius 2 is 1.79 bits per heavy atom. The molecule has 1 unspecified atom stereocenters. The molecule has 0 bridgehead atoms. The average Bonchev–Trinajstić information content (AvgIpc) is 2.43. The average molecular weight is 267 g/mol. The van der Waals surface area contributed by atoms with Crippen molar-refractivity contribution in [1.82, 2.24) is 0 Å². The van der Waals surface area contributed by atoms with E-state index in [1.54, 1.807) is 12.1 Å². The lowest BCUT2D eigenvalue weighted by molar-refractivity contribution is 0.0534. The van der Waals surface area contributed by atoms with E-state index in [1.165, 1.54) is 38.2 Å². The smallest absolute Gasteiger partial charge is 0.129 e. The first-order chi connectivity index (χ1) is 9.29. The molecule has 108 valence electrons. The van der Waals surface area contributed by atoms with E-state index in [4.69, 9.17) is 10.5 Å². The molecule has 1 rings (SSSR count). The van der Waals surface area contributed by atoms with E-state index < -0.39 is 0 Å². The normalized spacial score (nSPS) is 12.6. The third-order valence-electron chi connectivity index (χ3n) is 3.28. The Kier molecular flexibility index (Phi) is 8.43. The molecule has 1 atom stereocenters. The molecule has 0 saturated carbocycles. The van der Waals surface area contributed by atoms with Crippen LogP contribution in [0.4, 0.5) is 4.39 Å². The Labute approximate surface area is 116 Å². The minimum absolute atomic E-state index is 0.235. The summed E-state index contributed by atoms with van der Waals surface area (Å²) in [6.07, 6.45) is 7.00. The molecule has 19 heavy (non-hydrogen) atoms. The summed E-state index contributed by atoms with van der Waals surface area (Å²) in [6.45, 7) is 3.18. The van der Waals surface area contributed by atoms with Crippen molar-refractivity contribution in [3.8, 4) is 0 Å².